The SMILES string of the molecule is C=CCCOc1c(C)cccc1C(N)=O. The molecule has 1 aromatic rings. The average Bonchev–Trinajstić information content (AvgIpc) is 2.20. The second-order valence-corrected chi connectivity index (χ2v) is 3.24. The molecule has 0 aliphatic heterocycles. The second kappa shape index (κ2) is 5.20. The van der Waals surface area contributed by atoms with E-state index >= 15 is 0 Å². The number of ether oxygens (including phenoxy) is 1. The third-order valence-corrected chi connectivity index (χ3v) is 2.05. The Labute approximate surface area is 89.5 Å². The number of amides is 1. The van der Waals surface area contributed by atoms with E-state index in [1.165, 1.54) is 0 Å². The summed E-state index contributed by atoms with van der Waals surface area (Å²) < 4.78 is 5.50. The lowest BCUT2D eigenvalue weighted by molar-refractivity contribution is 0.0996. The van der Waals surface area contributed by atoms with E-state index in [2.05, 4.69) is 6.58 Å². The summed E-state index contributed by atoms with van der Waals surface area (Å²) in [6, 6.07) is 5.34. The molecule has 0 bridgehead atoms. The largest absolute Gasteiger partial charge is 0.492 e. The van der Waals surface area contributed by atoms with Crippen molar-refractivity contribution >= 4 is 5.91 Å². The summed E-state index contributed by atoms with van der Waals surface area (Å²) in [5.41, 5.74) is 6.59. The molecule has 0 saturated heterocycles. The minimum absolute atomic E-state index is 0.430. The Bertz CT molecular complexity index is 372. The van der Waals surface area contributed by atoms with Gasteiger partial charge in [0.25, 0.3) is 5.91 Å². The summed E-state index contributed by atoms with van der Waals surface area (Å²) >= 11 is 0. The number of carbonyl (C=O) groups is 1. The topological polar surface area (TPSA) is 52.3 Å². The van der Waals surface area contributed by atoms with Gasteiger partial charge < -0.3 is 10.5 Å². The summed E-state index contributed by atoms with van der Waals surface area (Å²) in [6.07, 6.45) is 2.51. The average molecular weight is 205 g/mol. The molecule has 15 heavy (non-hydrogen) atoms. The van der Waals surface area contributed by atoms with Gasteiger partial charge in [-0.25, -0.2) is 0 Å². The molecule has 0 unspecified atom stereocenters. The zero-order valence-corrected chi connectivity index (χ0v) is 8.82. The lowest BCUT2D eigenvalue weighted by atomic mass is 10.1. The minimum Gasteiger partial charge on any atom is -0.492 e. The quantitative estimate of drug-likeness (QED) is 0.590. The summed E-state index contributed by atoms with van der Waals surface area (Å²) in [5.74, 6) is 0.110. The standard InChI is InChI=1S/C12H15NO2/c1-3-4-8-15-11-9(2)6-5-7-10(11)12(13)14/h3,5-7H,1,4,8H2,2H3,(H2,13,14). The van der Waals surface area contributed by atoms with Gasteiger partial charge in [-0.15, -0.1) is 6.58 Å². The van der Waals surface area contributed by atoms with Crippen LogP contribution in [-0.2, 0) is 0 Å². The van der Waals surface area contributed by atoms with Gasteiger partial charge in [-0.05, 0) is 25.0 Å². The van der Waals surface area contributed by atoms with Crippen molar-refractivity contribution in [1.82, 2.24) is 0 Å². The van der Waals surface area contributed by atoms with Crippen LogP contribution in [0.2, 0.25) is 0 Å². The lowest BCUT2D eigenvalue weighted by Crippen LogP contribution is -2.14. The van der Waals surface area contributed by atoms with Gasteiger partial charge in [-0.3, -0.25) is 4.79 Å². The fourth-order valence-corrected chi connectivity index (χ4v) is 1.28. The molecule has 0 aromatic heterocycles. The smallest absolute Gasteiger partial charge is 0.252 e. The molecule has 0 fully saturated rings. The van der Waals surface area contributed by atoms with Crippen LogP contribution in [0.5, 0.6) is 5.75 Å². The lowest BCUT2D eigenvalue weighted by Gasteiger charge is -2.11. The Morgan fingerprint density at radius 3 is 2.93 bits per heavy atom. The molecule has 0 heterocycles. The van der Waals surface area contributed by atoms with Crippen molar-refractivity contribution in [2.45, 2.75) is 13.3 Å². The number of primary amides is 1. The van der Waals surface area contributed by atoms with Gasteiger partial charge in [0.15, 0.2) is 0 Å². The maximum Gasteiger partial charge on any atom is 0.252 e. The molecule has 0 radical (unpaired) electrons. The Morgan fingerprint density at radius 2 is 2.33 bits per heavy atom. The molecule has 1 amide bonds. The van der Waals surface area contributed by atoms with Crippen LogP contribution in [0.3, 0.4) is 0 Å². The highest BCUT2D eigenvalue weighted by Gasteiger charge is 2.10. The summed E-state index contributed by atoms with van der Waals surface area (Å²) in [6.45, 7) is 5.99. The highest BCUT2D eigenvalue weighted by Crippen LogP contribution is 2.22. The van der Waals surface area contributed by atoms with E-state index in [0.717, 1.165) is 12.0 Å². The monoisotopic (exact) mass is 205 g/mol. The third kappa shape index (κ3) is 2.84. The van der Waals surface area contributed by atoms with Crippen molar-refractivity contribution in [2.75, 3.05) is 6.61 Å². The first-order valence-corrected chi connectivity index (χ1v) is 4.80. The fourth-order valence-electron chi connectivity index (χ4n) is 1.28. The van der Waals surface area contributed by atoms with Crippen LogP contribution in [0.25, 0.3) is 0 Å². The minimum atomic E-state index is -0.465. The number of hydrogen-bond acceptors (Lipinski definition) is 2. The summed E-state index contributed by atoms with van der Waals surface area (Å²) in [4.78, 5) is 11.1. The van der Waals surface area contributed by atoms with E-state index in [4.69, 9.17) is 10.5 Å². The molecule has 0 saturated carbocycles. The van der Waals surface area contributed by atoms with E-state index in [9.17, 15) is 4.79 Å². The highest BCUT2D eigenvalue weighted by atomic mass is 16.5. The molecule has 0 spiro atoms. The predicted octanol–water partition coefficient (Wildman–Crippen LogP) is 2.05. The third-order valence-electron chi connectivity index (χ3n) is 2.05. The van der Waals surface area contributed by atoms with Crippen LogP contribution >= 0.6 is 0 Å². The number of para-hydroxylation sites is 1. The van der Waals surface area contributed by atoms with E-state index < -0.39 is 5.91 Å². The zero-order valence-electron chi connectivity index (χ0n) is 8.82. The van der Waals surface area contributed by atoms with Crippen LogP contribution in [0.15, 0.2) is 30.9 Å². The van der Waals surface area contributed by atoms with E-state index in [-0.39, 0.29) is 0 Å². The maximum atomic E-state index is 11.1. The molecule has 80 valence electrons. The number of benzene rings is 1. The van der Waals surface area contributed by atoms with Gasteiger partial charge in [-0.2, -0.15) is 0 Å². The molecular formula is C12H15NO2. The van der Waals surface area contributed by atoms with Gasteiger partial charge in [0.1, 0.15) is 5.75 Å². The molecular weight excluding hydrogens is 190 g/mol. The van der Waals surface area contributed by atoms with Gasteiger partial charge in [0, 0.05) is 0 Å². The van der Waals surface area contributed by atoms with Crippen molar-refractivity contribution in [2.24, 2.45) is 5.73 Å². The van der Waals surface area contributed by atoms with Crippen molar-refractivity contribution in [3.05, 3.63) is 42.0 Å². The second-order valence-electron chi connectivity index (χ2n) is 3.24. The van der Waals surface area contributed by atoms with E-state index in [1.54, 1.807) is 18.2 Å². The summed E-state index contributed by atoms with van der Waals surface area (Å²) in [5, 5.41) is 0. The Balaban J connectivity index is 2.92. The Hall–Kier alpha value is -1.77. The number of aryl methyl sites for hydroxylation is 1. The molecule has 2 N–H and O–H groups in total. The molecule has 1 aromatic carbocycles. The number of rotatable bonds is 5. The first kappa shape index (κ1) is 11.3. The van der Waals surface area contributed by atoms with Crippen molar-refractivity contribution in [3.8, 4) is 5.75 Å². The van der Waals surface area contributed by atoms with Crippen LogP contribution in [0, 0.1) is 6.92 Å². The van der Waals surface area contributed by atoms with Crippen LogP contribution in [0.4, 0.5) is 0 Å². The normalized spacial score (nSPS) is 9.67. The molecule has 3 heteroatoms. The highest BCUT2D eigenvalue weighted by molar-refractivity contribution is 5.96. The molecule has 0 atom stereocenters. The van der Waals surface area contributed by atoms with Gasteiger partial charge in [-0.1, -0.05) is 18.2 Å². The van der Waals surface area contributed by atoms with Gasteiger partial charge >= 0.3 is 0 Å². The first-order chi connectivity index (χ1) is 7.16. The van der Waals surface area contributed by atoms with Crippen LogP contribution in [-0.4, -0.2) is 12.5 Å². The molecule has 1 rings (SSSR count). The van der Waals surface area contributed by atoms with E-state index in [1.807, 2.05) is 13.0 Å². The summed E-state index contributed by atoms with van der Waals surface area (Å²) in [7, 11) is 0. The zero-order chi connectivity index (χ0) is 11.3. The number of carbonyl (C=O) groups excluding carboxylic acids is 1. The van der Waals surface area contributed by atoms with Crippen LogP contribution in [0.1, 0.15) is 22.3 Å². The fraction of sp³-hybridized carbons (Fsp3) is 0.250. The van der Waals surface area contributed by atoms with E-state index in [0.29, 0.717) is 17.9 Å². The maximum absolute atomic E-state index is 11.1. The molecule has 0 aliphatic rings. The number of hydrogen-bond donors (Lipinski definition) is 1. The molecule has 3 nitrogen and oxygen atoms in total. The van der Waals surface area contributed by atoms with Crippen molar-refractivity contribution < 1.29 is 9.53 Å². The Morgan fingerprint density at radius 1 is 1.60 bits per heavy atom. The first-order valence-electron chi connectivity index (χ1n) is 4.80. The van der Waals surface area contributed by atoms with Gasteiger partial charge in [0.2, 0.25) is 0 Å². The van der Waals surface area contributed by atoms with Gasteiger partial charge in [0.05, 0.1) is 12.2 Å². The van der Waals surface area contributed by atoms with Crippen molar-refractivity contribution in [3.63, 3.8) is 0 Å². The predicted molar refractivity (Wildman–Crippen MR) is 60.0 cm³/mol. The number of nitrogens with two attached hydrogens (primary N) is 1. The Kier molecular flexibility index (Phi) is 3.92. The molecule has 0 aliphatic carbocycles. The van der Waals surface area contributed by atoms with Crippen molar-refractivity contribution in [1.29, 1.82) is 0 Å². The van der Waals surface area contributed by atoms with Crippen LogP contribution < -0.4 is 10.5 Å².